The highest BCUT2D eigenvalue weighted by Crippen LogP contribution is 2.34. The van der Waals surface area contributed by atoms with Gasteiger partial charge in [-0.1, -0.05) is 102 Å². The van der Waals surface area contributed by atoms with Gasteiger partial charge < -0.3 is 4.57 Å². The Kier molecular flexibility index (Phi) is 5.50. The maximum atomic E-state index is 6.31. The second-order valence-corrected chi connectivity index (χ2v) is 8.36. The SMILES string of the molecule is Clc1ccc(Cn2c(C(c3ccccc3)c3ccccc3)nc3ccccc32)cc1Cl. The largest absolute Gasteiger partial charge is 0.323 e. The lowest BCUT2D eigenvalue weighted by Gasteiger charge is -2.20. The van der Waals surface area contributed by atoms with Crippen molar-refractivity contribution in [3.8, 4) is 0 Å². The van der Waals surface area contributed by atoms with Crippen molar-refractivity contribution in [2.24, 2.45) is 0 Å². The van der Waals surface area contributed by atoms with Crippen LogP contribution in [0.2, 0.25) is 10.0 Å². The van der Waals surface area contributed by atoms with E-state index in [0.29, 0.717) is 16.6 Å². The predicted octanol–water partition coefficient (Wildman–Crippen LogP) is 7.57. The Balaban J connectivity index is 1.72. The molecule has 0 aliphatic rings. The van der Waals surface area contributed by atoms with Crippen LogP contribution in [0.3, 0.4) is 0 Å². The third kappa shape index (κ3) is 3.97. The summed E-state index contributed by atoms with van der Waals surface area (Å²) in [6, 6.07) is 35.2. The molecule has 0 fully saturated rings. The highest BCUT2D eigenvalue weighted by Gasteiger charge is 2.24. The van der Waals surface area contributed by atoms with E-state index in [1.807, 2.05) is 36.4 Å². The van der Waals surface area contributed by atoms with Crippen LogP contribution in [0.4, 0.5) is 0 Å². The fourth-order valence-electron chi connectivity index (χ4n) is 4.08. The van der Waals surface area contributed by atoms with Crippen molar-refractivity contribution < 1.29 is 0 Å². The maximum Gasteiger partial charge on any atom is 0.122 e. The molecule has 0 atom stereocenters. The summed E-state index contributed by atoms with van der Waals surface area (Å²) in [4.78, 5) is 5.11. The van der Waals surface area contributed by atoms with E-state index in [1.54, 1.807) is 0 Å². The minimum atomic E-state index is 0.0116. The van der Waals surface area contributed by atoms with Gasteiger partial charge in [0, 0.05) is 6.54 Å². The van der Waals surface area contributed by atoms with Crippen LogP contribution in [-0.4, -0.2) is 9.55 Å². The summed E-state index contributed by atoms with van der Waals surface area (Å²) >= 11 is 12.5. The molecule has 0 unspecified atom stereocenters. The first kappa shape index (κ1) is 19.9. The van der Waals surface area contributed by atoms with Crippen molar-refractivity contribution in [1.29, 1.82) is 0 Å². The molecule has 0 aliphatic carbocycles. The lowest BCUT2D eigenvalue weighted by atomic mass is 9.90. The highest BCUT2D eigenvalue weighted by molar-refractivity contribution is 6.42. The Bertz CT molecular complexity index is 1290. The molecule has 1 aromatic heterocycles. The van der Waals surface area contributed by atoms with Crippen LogP contribution in [0.5, 0.6) is 0 Å². The van der Waals surface area contributed by atoms with E-state index in [0.717, 1.165) is 22.4 Å². The quantitative estimate of drug-likeness (QED) is 0.274. The fourth-order valence-corrected chi connectivity index (χ4v) is 4.40. The highest BCUT2D eigenvalue weighted by atomic mass is 35.5. The van der Waals surface area contributed by atoms with Gasteiger partial charge in [-0.15, -0.1) is 0 Å². The maximum absolute atomic E-state index is 6.31. The molecule has 31 heavy (non-hydrogen) atoms. The van der Waals surface area contributed by atoms with E-state index in [1.165, 1.54) is 11.1 Å². The van der Waals surface area contributed by atoms with Gasteiger partial charge in [0.2, 0.25) is 0 Å². The smallest absolute Gasteiger partial charge is 0.122 e. The molecular formula is C27H20Cl2N2. The van der Waals surface area contributed by atoms with E-state index in [-0.39, 0.29) is 5.92 Å². The van der Waals surface area contributed by atoms with Crippen molar-refractivity contribution in [3.63, 3.8) is 0 Å². The normalized spacial score (nSPS) is 11.3. The molecule has 4 heteroatoms. The number of benzene rings is 4. The molecule has 0 radical (unpaired) electrons. The Morgan fingerprint density at radius 3 is 1.94 bits per heavy atom. The predicted molar refractivity (Wildman–Crippen MR) is 129 cm³/mol. The van der Waals surface area contributed by atoms with Crippen LogP contribution in [-0.2, 0) is 6.54 Å². The minimum Gasteiger partial charge on any atom is -0.323 e. The minimum absolute atomic E-state index is 0.0116. The van der Waals surface area contributed by atoms with Gasteiger partial charge >= 0.3 is 0 Å². The molecule has 4 aromatic carbocycles. The summed E-state index contributed by atoms with van der Waals surface area (Å²) < 4.78 is 2.29. The van der Waals surface area contributed by atoms with Gasteiger partial charge in [0.15, 0.2) is 0 Å². The van der Waals surface area contributed by atoms with Crippen LogP contribution in [0.25, 0.3) is 11.0 Å². The molecule has 0 amide bonds. The zero-order valence-electron chi connectivity index (χ0n) is 16.7. The molecule has 5 aromatic rings. The molecule has 0 spiro atoms. The van der Waals surface area contributed by atoms with E-state index in [4.69, 9.17) is 28.2 Å². The zero-order valence-corrected chi connectivity index (χ0v) is 18.3. The number of fused-ring (bicyclic) bond motifs is 1. The first-order valence-corrected chi connectivity index (χ1v) is 11.0. The second-order valence-electron chi connectivity index (χ2n) is 7.55. The number of aromatic nitrogens is 2. The number of hydrogen-bond donors (Lipinski definition) is 0. The molecule has 0 N–H and O–H groups in total. The van der Waals surface area contributed by atoms with Crippen LogP contribution in [0.1, 0.15) is 28.4 Å². The van der Waals surface area contributed by atoms with Gasteiger partial charge in [0.1, 0.15) is 5.82 Å². The topological polar surface area (TPSA) is 17.8 Å². The Morgan fingerprint density at radius 1 is 0.677 bits per heavy atom. The summed E-state index contributed by atoms with van der Waals surface area (Å²) in [6.45, 7) is 0.656. The van der Waals surface area contributed by atoms with Crippen LogP contribution < -0.4 is 0 Å². The van der Waals surface area contributed by atoms with E-state index in [2.05, 4.69) is 71.3 Å². The van der Waals surface area contributed by atoms with Gasteiger partial charge in [0.25, 0.3) is 0 Å². The lowest BCUT2D eigenvalue weighted by molar-refractivity contribution is 0.723. The summed E-state index contributed by atoms with van der Waals surface area (Å²) in [5.41, 5.74) is 5.58. The summed E-state index contributed by atoms with van der Waals surface area (Å²) in [5, 5.41) is 1.13. The molecule has 152 valence electrons. The van der Waals surface area contributed by atoms with Crippen molar-refractivity contribution in [2.45, 2.75) is 12.5 Å². The number of nitrogens with zero attached hydrogens (tertiary/aromatic N) is 2. The van der Waals surface area contributed by atoms with Gasteiger partial charge in [0.05, 0.1) is 27.0 Å². The van der Waals surface area contributed by atoms with E-state index >= 15 is 0 Å². The summed E-state index contributed by atoms with van der Waals surface area (Å²) in [5.74, 6) is 1.02. The Morgan fingerprint density at radius 2 is 1.29 bits per heavy atom. The number of halogens is 2. The molecule has 0 saturated heterocycles. The van der Waals surface area contributed by atoms with E-state index in [9.17, 15) is 0 Å². The molecule has 1 heterocycles. The van der Waals surface area contributed by atoms with Gasteiger partial charge in [-0.25, -0.2) is 4.98 Å². The first-order valence-electron chi connectivity index (χ1n) is 10.2. The second kappa shape index (κ2) is 8.58. The molecule has 2 nitrogen and oxygen atoms in total. The van der Waals surface area contributed by atoms with Crippen LogP contribution in [0.15, 0.2) is 103 Å². The Labute approximate surface area is 191 Å². The standard InChI is InChI=1S/C27H20Cl2N2/c28-22-16-15-19(17-23(22)29)18-31-25-14-8-7-13-24(25)30-27(31)26(20-9-3-1-4-10-20)21-11-5-2-6-12-21/h1-17,26H,18H2. The monoisotopic (exact) mass is 442 g/mol. The molecular weight excluding hydrogens is 423 g/mol. The third-order valence-electron chi connectivity index (χ3n) is 5.53. The average molecular weight is 443 g/mol. The number of rotatable bonds is 5. The average Bonchev–Trinajstić information content (AvgIpc) is 3.16. The Hall–Kier alpha value is -3.07. The molecule has 0 saturated carbocycles. The van der Waals surface area contributed by atoms with Gasteiger partial charge in [-0.05, 0) is 41.0 Å². The molecule has 5 rings (SSSR count). The number of imidazole rings is 1. The van der Waals surface area contributed by atoms with Gasteiger partial charge in [-0.3, -0.25) is 0 Å². The fraction of sp³-hybridized carbons (Fsp3) is 0.0741. The van der Waals surface area contributed by atoms with Crippen molar-refractivity contribution in [2.75, 3.05) is 0 Å². The van der Waals surface area contributed by atoms with Crippen LogP contribution in [0, 0.1) is 0 Å². The van der Waals surface area contributed by atoms with E-state index < -0.39 is 0 Å². The van der Waals surface area contributed by atoms with Crippen molar-refractivity contribution >= 4 is 34.2 Å². The zero-order chi connectivity index (χ0) is 21.2. The molecule has 0 aliphatic heterocycles. The summed E-state index contributed by atoms with van der Waals surface area (Å²) in [7, 11) is 0. The van der Waals surface area contributed by atoms with Crippen molar-refractivity contribution in [1.82, 2.24) is 9.55 Å². The van der Waals surface area contributed by atoms with Crippen LogP contribution >= 0.6 is 23.2 Å². The van der Waals surface area contributed by atoms with Crippen molar-refractivity contribution in [3.05, 3.63) is 136 Å². The van der Waals surface area contributed by atoms with Gasteiger partial charge in [-0.2, -0.15) is 0 Å². The first-order chi connectivity index (χ1) is 15.2. The number of para-hydroxylation sites is 2. The third-order valence-corrected chi connectivity index (χ3v) is 6.27. The summed E-state index contributed by atoms with van der Waals surface area (Å²) in [6.07, 6.45) is 0. The lowest BCUT2D eigenvalue weighted by Crippen LogP contribution is -2.13. The number of hydrogen-bond acceptors (Lipinski definition) is 1. The molecule has 0 bridgehead atoms.